The van der Waals surface area contributed by atoms with Gasteiger partial charge in [0.05, 0.1) is 11.5 Å². The molecule has 1 atom stereocenters. The fourth-order valence-electron chi connectivity index (χ4n) is 1.99. The highest BCUT2D eigenvalue weighted by Crippen LogP contribution is 2.21. The van der Waals surface area contributed by atoms with E-state index >= 15 is 0 Å². The number of sulfonamides is 1. The predicted octanol–water partition coefficient (Wildman–Crippen LogP) is 2.34. The van der Waals surface area contributed by atoms with E-state index in [9.17, 15) is 8.42 Å². The Kier molecular flexibility index (Phi) is 5.78. The summed E-state index contributed by atoms with van der Waals surface area (Å²) in [4.78, 5) is 0.903. The zero-order valence-electron chi connectivity index (χ0n) is 11.0. The smallest absolute Gasteiger partial charge is 0.241 e. The fraction of sp³-hybridized carbons (Fsp3) is 0.667. The van der Waals surface area contributed by atoms with Gasteiger partial charge in [-0.3, -0.25) is 0 Å². The first-order valence-electron chi connectivity index (χ1n) is 6.15. The molecule has 1 rings (SSSR count). The van der Waals surface area contributed by atoms with Crippen LogP contribution in [0.3, 0.4) is 0 Å². The Morgan fingerprint density at radius 1 is 1.39 bits per heavy atom. The molecular formula is C12H21NO3S2. The zero-order valence-corrected chi connectivity index (χ0v) is 12.6. The van der Waals surface area contributed by atoms with E-state index in [1.165, 1.54) is 17.4 Å². The Morgan fingerprint density at radius 2 is 2.00 bits per heavy atom. The van der Waals surface area contributed by atoms with Gasteiger partial charge in [-0.1, -0.05) is 26.7 Å². The minimum atomic E-state index is -3.46. The lowest BCUT2D eigenvalue weighted by atomic mass is 9.96. The van der Waals surface area contributed by atoms with Crippen LogP contribution >= 0.6 is 11.3 Å². The van der Waals surface area contributed by atoms with Crippen LogP contribution in [-0.2, 0) is 16.6 Å². The minimum absolute atomic E-state index is 0.0810. The summed E-state index contributed by atoms with van der Waals surface area (Å²) in [7, 11) is -3.46. The van der Waals surface area contributed by atoms with Crippen LogP contribution in [0.15, 0.2) is 16.3 Å². The maximum atomic E-state index is 12.1. The first-order chi connectivity index (χ1) is 8.44. The van der Waals surface area contributed by atoms with Crippen molar-refractivity contribution < 1.29 is 13.5 Å². The Morgan fingerprint density at radius 3 is 2.44 bits per heavy atom. The van der Waals surface area contributed by atoms with Crippen molar-refractivity contribution in [1.82, 2.24) is 4.72 Å². The predicted molar refractivity (Wildman–Crippen MR) is 74.1 cm³/mol. The number of aliphatic hydroxyl groups is 1. The van der Waals surface area contributed by atoms with Gasteiger partial charge in [0, 0.05) is 16.3 Å². The molecule has 104 valence electrons. The second-order valence-corrected chi connectivity index (χ2v) is 7.10. The van der Waals surface area contributed by atoms with Crippen molar-refractivity contribution in [2.75, 3.05) is 0 Å². The number of rotatable bonds is 7. The summed E-state index contributed by atoms with van der Waals surface area (Å²) in [6, 6.07) is 1.44. The fourth-order valence-corrected chi connectivity index (χ4v) is 4.44. The highest BCUT2D eigenvalue weighted by Gasteiger charge is 2.22. The normalized spacial score (nSPS) is 14.1. The van der Waals surface area contributed by atoms with Crippen LogP contribution in [0, 0.1) is 5.92 Å². The average molecular weight is 291 g/mol. The molecule has 18 heavy (non-hydrogen) atoms. The third-order valence-electron chi connectivity index (χ3n) is 3.19. The van der Waals surface area contributed by atoms with E-state index in [0.717, 1.165) is 12.8 Å². The Bertz CT molecular complexity index is 463. The Labute approximate surface area is 113 Å². The summed E-state index contributed by atoms with van der Waals surface area (Å²) in [6.45, 7) is 5.90. The van der Waals surface area contributed by atoms with E-state index in [4.69, 9.17) is 5.11 Å². The molecule has 0 saturated heterocycles. The van der Waals surface area contributed by atoms with Gasteiger partial charge in [-0.15, -0.1) is 11.3 Å². The topological polar surface area (TPSA) is 66.4 Å². The lowest BCUT2D eigenvalue weighted by Gasteiger charge is -2.21. The molecule has 0 radical (unpaired) electrons. The number of aliphatic hydroxyl groups excluding tert-OH is 1. The molecule has 1 aromatic rings. The van der Waals surface area contributed by atoms with Gasteiger partial charge in [-0.05, 0) is 18.9 Å². The van der Waals surface area contributed by atoms with Gasteiger partial charge < -0.3 is 5.11 Å². The molecule has 0 saturated carbocycles. The van der Waals surface area contributed by atoms with Crippen molar-refractivity contribution >= 4 is 21.4 Å². The lowest BCUT2D eigenvalue weighted by molar-refractivity contribution is 0.285. The third kappa shape index (κ3) is 3.78. The molecule has 0 aliphatic carbocycles. The molecule has 1 heterocycles. The van der Waals surface area contributed by atoms with Crippen LogP contribution in [0.1, 0.15) is 38.5 Å². The van der Waals surface area contributed by atoms with Gasteiger partial charge in [0.25, 0.3) is 0 Å². The van der Waals surface area contributed by atoms with Gasteiger partial charge in [0.1, 0.15) is 0 Å². The van der Waals surface area contributed by atoms with E-state index in [2.05, 4.69) is 18.6 Å². The number of thiophene rings is 1. The van der Waals surface area contributed by atoms with E-state index in [1.54, 1.807) is 5.38 Å². The van der Waals surface area contributed by atoms with Crippen LogP contribution in [0.4, 0.5) is 0 Å². The molecule has 1 aromatic heterocycles. The maximum Gasteiger partial charge on any atom is 0.241 e. The standard InChI is InChI=1S/C12H21NO3S2/c1-4-10(5-2)9(3)13-18(15,16)12-6-11(7-14)17-8-12/h6,8-10,13-14H,4-5,7H2,1-3H3. The lowest BCUT2D eigenvalue weighted by Crippen LogP contribution is -2.37. The summed E-state index contributed by atoms with van der Waals surface area (Å²) in [5.74, 6) is 0.343. The SMILES string of the molecule is CCC(CC)C(C)NS(=O)(=O)c1csc(CO)c1. The van der Waals surface area contributed by atoms with Crippen molar-refractivity contribution in [3.05, 3.63) is 16.3 Å². The van der Waals surface area contributed by atoms with Crippen molar-refractivity contribution in [3.63, 3.8) is 0 Å². The Balaban J connectivity index is 2.81. The second kappa shape index (κ2) is 6.65. The molecule has 1 unspecified atom stereocenters. The Hall–Kier alpha value is -0.430. The van der Waals surface area contributed by atoms with Gasteiger partial charge in [0.15, 0.2) is 0 Å². The van der Waals surface area contributed by atoms with E-state index in [-0.39, 0.29) is 17.5 Å². The summed E-state index contributed by atoms with van der Waals surface area (Å²) in [6.07, 6.45) is 1.90. The van der Waals surface area contributed by atoms with Gasteiger partial charge in [-0.2, -0.15) is 0 Å². The first kappa shape index (κ1) is 15.6. The quantitative estimate of drug-likeness (QED) is 0.810. The summed E-state index contributed by atoms with van der Waals surface area (Å²) >= 11 is 1.25. The average Bonchev–Trinajstić information content (AvgIpc) is 2.79. The van der Waals surface area contributed by atoms with Crippen molar-refractivity contribution in [2.24, 2.45) is 5.92 Å². The zero-order chi connectivity index (χ0) is 13.8. The molecule has 6 heteroatoms. The van der Waals surface area contributed by atoms with Crippen LogP contribution in [-0.4, -0.2) is 19.6 Å². The largest absolute Gasteiger partial charge is 0.391 e. The minimum Gasteiger partial charge on any atom is -0.391 e. The van der Waals surface area contributed by atoms with Gasteiger partial charge in [-0.25, -0.2) is 13.1 Å². The number of nitrogens with one attached hydrogen (secondary N) is 1. The number of hydrogen-bond acceptors (Lipinski definition) is 4. The highest BCUT2D eigenvalue weighted by atomic mass is 32.2. The van der Waals surface area contributed by atoms with Crippen LogP contribution in [0.25, 0.3) is 0 Å². The molecule has 0 spiro atoms. The van der Waals surface area contributed by atoms with E-state index in [1.807, 2.05) is 6.92 Å². The summed E-state index contributed by atoms with van der Waals surface area (Å²) < 4.78 is 27.0. The molecule has 0 bridgehead atoms. The number of hydrogen-bond donors (Lipinski definition) is 2. The molecule has 0 aromatic carbocycles. The summed E-state index contributed by atoms with van der Waals surface area (Å²) in [5, 5.41) is 10.5. The van der Waals surface area contributed by atoms with Crippen LogP contribution < -0.4 is 4.72 Å². The van der Waals surface area contributed by atoms with Crippen LogP contribution in [0.2, 0.25) is 0 Å². The van der Waals surface area contributed by atoms with Crippen molar-refractivity contribution in [2.45, 2.75) is 51.2 Å². The third-order valence-corrected chi connectivity index (χ3v) is 5.80. The summed E-state index contributed by atoms with van der Waals surface area (Å²) in [5.41, 5.74) is 0. The van der Waals surface area contributed by atoms with Crippen molar-refractivity contribution in [3.8, 4) is 0 Å². The first-order valence-corrected chi connectivity index (χ1v) is 8.51. The maximum absolute atomic E-state index is 12.1. The molecule has 4 nitrogen and oxygen atoms in total. The van der Waals surface area contributed by atoms with E-state index in [0.29, 0.717) is 10.8 Å². The van der Waals surface area contributed by atoms with Gasteiger partial charge in [0.2, 0.25) is 10.0 Å². The molecule has 2 N–H and O–H groups in total. The monoisotopic (exact) mass is 291 g/mol. The highest BCUT2D eigenvalue weighted by molar-refractivity contribution is 7.89. The molecular weight excluding hydrogens is 270 g/mol. The molecule has 0 aliphatic heterocycles. The van der Waals surface area contributed by atoms with Gasteiger partial charge >= 0.3 is 0 Å². The molecule has 0 aliphatic rings. The second-order valence-electron chi connectivity index (χ2n) is 4.39. The van der Waals surface area contributed by atoms with E-state index < -0.39 is 10.0 Å². The van der Waals surface area contributed by atoms with Crippen molar-refractivity contribution in [1.29, 1.82) is 0 Å². The molecule has 0 fully saturated rings. The van der Waals surface area contributed by atoms with Crippen LogP contribution in [0.5, 0.6) is 0 Å². The molecule has 0 amide bonds.